The summed E-state index contributed by atoms with van der Waals surface area (Å²) in [4.78, 5) is 4.14. The fraction of sp³-hybridized carbons (Fsp3) is 0.226. The molecule has 0 aliphatic carbocycles. The van der Waals surface area contributed by atoms with E-state index in [2.05, 4.69) is 101 Å². The van der Waals surface area contributed by atoms with Gasteiger partial charge in [0.25, 0.3) is 0 Å². The molecule has 8 nitrogen and oxygen atoms in total. The number of phenolic OH excluding ortho intramolecular Hbond substituents is 1. The van der Waals surface area contributed by atoms with E-state index in [-0.39, 0.29) is 23.1 Å². The summed E-state index contributed by atoms with van der Waals surface area (Å²) in [6, 6.07) is 33.6. The van der Waals surface area contributed by atoms with Crippen LogP contribution < -0.4 is 0 Å². The zero-order chi connectivity index (χ0) is 36.0. The first-order valence-electron chi connectivity index (χ1n) is 13.5. The van der Waals surface area contributed by atoms with Crippen LogP contribution in [-0.2, 0) is 53.3 Å². The lowest BCUT2D eigenvalue weighted by Crippen LogP contribution is -2.60. The summed E-state index contributed by atoms with van der Waals surface area (Å²) in [5, 5.41) is -3.85. The number of hydrogen-bond acceptors (Lipinski definition) is 7. The minimum absolute atomic E-state index is 0.0241. The van der Waals surface area contributed by atoms with Gasteiger partial charge in [-0.05, 0) is 37.3 Å². The number of aromatic hydroxyl groups is 1. The SMILES string of the molecule is COCc1cccc(COS(=O)(=O)C(F)(F)C(F)(F)C(F)(F)S(=O)(=O)O)c1O.Cc1ccccc1[S+](c1ccccc1)c1ccccc1. The topological polar surface area (TPSA) is 127 Å². The molecule has 0 spiro atoms. The van der Waals surface area contributed by atoms with Gasteiger partial charge in [-0.25, -0.2) is 0 Å². The van der Waals surface area contributed by atoms with E-state index >= 15 is 0 Å². The molecule has 0 saturated carbocycles. The molecule has 0 heterocycles. The number of para-hydroxylation sites is 1. The molecule has 0 fully saturated rings. The van der Waals surface area contributed by atoms with E-state index in [1.54, 1.807) is 0 Å². The van der Waals surface area contributed by atoms with Crippen molar-refractivity contribution in [3.8, 4) is 5.75 Å². The fourth-order valence-electron chi connectivity index (χ4n) is 4.03. The minimum atomic E-state index is -7.13. The van der Waals surface area contributed by atoms with Gasteiger partial charge in [-0.15, -0.1) is 0 Å². The number of benzene rings is 4. The molecule has 260 valence electrons. The summed E-state index contributed by atoms with van der Waals surface area (Å²) in [7, 11) is -12.8. The Morgan fingerprint density at radius 2 is 1.12 bits per heavy atom. The number of phenols is 1. The van der Waals surface area contributed by atoms with Crippen molar-refractivity contribution in [1.82, 2.24) is 0 Å². The van der Waals surface area contributed by atoms with Crippen LogP contribution in [-0.4, -0.2) is 50.0 Å². The molecule has 0 radical (unpaired) electrons. The molecular weight excluding hydrogens is 711 g/mol. The third kappa shape index (κ3) is 8.15. The van der Waals surface area contributed by atoms with Gasteiger partial charge in [-0.1, -0.05) is 72.8 Å². The number of rotatable bonds is 12. The van der Waals surface area contributed by atoms with Gasteiger partial charge in [0, 0.05) is 23.8 Å². The Kier molecular flexibility index (Phi) is 12.4. The first-order chi connectivity index (χ1) is 22.3. The Balaban J connectivity index is 0.000000273. The van der Waals surface area contributed by atoms with Crippen molar-refractivity contribution in [3.05, 3.63) is 120 Å². The fourth-order valence-corrected chi connectivity index (χ4v) is 7.66. The van der Waals surface area contributed by atoms with Crippen LogP contribution in [0.3, 0.4) is 0 Å². The van der Waals surface area contributed by atoms with Crippen LogP contribution in [0.25, 0.3) is 0 Å². The maximum Gasteiger partial charge on any atom is 0.439 e. The highest BCUT2D eigenvalue weighted by molar-refractivity contribution is 7.97. The van der Waals surface area contributed by atoms with Crippen molar-refractivity contribution in [2.75, 3.05) is 7.11 Å². The van der Waals surface area contributed by atoms with Crippen molar-refractivity contribution < 1.29 is 61.8 Å². The van der Waals surface area contributed by atoms with Crippen LogP contribution in [0.15, 0.2) is 118 Å². The van der Waals surface area contributed by atoms with E-state index in [4.69, 9.17) is 4.55 Å². The van der Waals surface area contributed by atoms with Gasteiger partial charge < -0.3 is 9.84 Å². The number of methoxy groups -OCH3 is 1. The van der Waals surface area contributed by atoms with Gasteiger partial charge >= 0.3 is 36.7 Å². The summed E-state index contributed by atoms with van der Waals surface area (Å²) in [6.07, 6.45) is 0. The van der Waals surface area contributed by atoms with Crippen molar-refractivity contribution >= 4 is 31.1 Å². The molecule has 0 amide bonds. The van der Waals surface area contributed by atoms with E-state index in [0.29, 0.717) is 0 Å². The van der Waals surface area contributed by atoms with Crippen molar-refractivity contribution in [3.63, 3.8) is 0 Å². The first kappa shape index (κ1) is 38.8. The highest BCUT2D eigenvalue weighted by atomic mass is 32.2. The normalized spacial score (nSPS) is 12.8. The third-order valence-corrected chi connectivity index (χ3v) is 11.1. The number of aryl methyl sites for hydroxylation is 1. The molecule has 4 rings (SSSR count). The van der Waals surface area contributed by atoms with Crippen molar-refractivity contribution in [1.29, 1.82) is 0 Å². The second-order valence-corrected chi connectivity index (χ2v) is 15.0. The molecule has 4 aromatic rings. The van der Waals surface area contributed by atoms with Crippen molar-refractivity contribution in [2.45, 2.75) is 51.3 Å². The molecule has 0 aromatic heterocycles. The van der Waals surface area contributed by atoms with Crippen LogP contribution in [0.4, 0.5) is 26.3 Å². The summed E-state index contributed by atoms with van der Waals surface area (Å²) < 4.78 is 140. The molecule has 48 heavy (non-hydrogen) atoms. The summed E-state index contributed by atoms with van der Waals surface area (Å²) >= 11 is 0. The standard InChI is InChI=1S/C19H17S.C12H12F6O8S2/c1-16-10-8-9-15-19(16)20(17-11-4-2-5-12-17)18-13-6-3-7-14-18;1-25-5-7-3-2-4-8(9(7)19)6-26-28(23,24)12(17,18)10(13,14)11(15,16)27(20,21)22/h2-15H,1H3;2-4,19H,5-6H2,1H3,(H,20,21,22)/q+1;. The Hall–Kier alpha value is -3.61. The predicted octanol–water partition coefficient (Wildman–Crippen LogP) is 7.18. The molecule has 0 aliphatic heterocycles. The molecule has 17 heteroatoms. The van der Waals surface area contributed by atoms with E-state index < -0.39 is 54.6 Å². The smallest absolute Gasteiger partial charge is 0.439 e. The molecule has 0 saturated heterocycles. The lowest BCUT2D eigenvalue weighted by molar-refractivity contribution is -0.248. The highest BCUT2D eigenvalue weighted by Gasteiger charge is 2.82. The molecule has 0 unspecified atom stereocenters. The first-order valence-corrected chi connectivity index (χ1v) is 17.6. The summed E-state index contributed by atoms with van der Waals surface area (Å²) in [6.45, 7) is 0.483. The Morgan fingerprint density at radius 3 is 1.58 bits per heavy atom. The molecule has 0 bridgehead atoms. The Labute approximate surface area is 276 Å². The van der Waals surface area contributed by atoms with Gasteiger partial charge in [0.05, 0.1) is 24.1 Å². The van der Waals surface area contributed by atoms with E-state index in [9.17, 15) is 48.3 Å². The van der Waals surface area contributed by atoms with Crippen molar-refractivity contribution in [2.24, 2.45) is 0 Å². The Morgan fingerprint density at radius 1 is 0.667 bits per heavy atom. The summed E-state index contributed by atoms with van der Waals surface area (Å²) in [5.41, 5.74) is 0.860. The van der Waals surface area contributed by atoms with Gasteiger partial charge in [0.15, 0.2) is 14.7 Å². The van der Waals surface area contributed by atoms with Crippen LogP contribution in [0.1, 0.15) is 16.7 Å². The lowest BCUT2D eigenvalue weighted by atomic mass is 10.1. The van der Waals surface area contributed by atoms with Gasteiger partial charge in [-0.3, -0.25) is 8.74 Å². The second kappa shape index (κ2) is 15.3. The van der Waals surface area contributed by atoms with Gasteiger partial charge in [0.1, 0.15) is 5.75 Å². The van der Waals surface area contributed by atoms with Crippen LogP contribution in [0.2, 0.25) is 0 Å². The average molecular weight is 740 g/mol. The number of ether oxygens (including phenoxy) is 1. The highest BCUT2D eigenvalue weighted by Crippen LogP contribution is 2.51. The summed E-state index contributed by atoms with van der Waals surface area (Å²) in [5.74, 6) is -7.82. The Bertz CT molecular complexity index is 1850. The maximum atomic E-state index is 13.6. The van der Waals surface area contributed by atoms with E-state index in [1.807, 2.05) is 0 Å². The molecule has 0 atom stereocenters. The zero-order valence-electron chi connectivity index (χ0n) is 25.1. The molecule has 4 aromatic carbocycles. The monoisotopic (exact) mass is 739 g/mol. The van der Waals surface area contributed by atoms with Gasteiger partial charge in [0.2, 0.25) is 0 Å². The number of halogens is 6. The van der Waals surface area contributed by atoms with E-state index in [1.165, 1.54) is 39.5 Å². The quantitative estimate of drug-likeness (QED) is 0.0677. The molecule has 2 N–H and O–H groups in total. The van der Waals surface area contributed by atoms with Crippen LogP contribution in [0.5, 0.6) is 5.75 Å². The van der Waals surface area contributed by atoms with Crippen LogP contribution in [0, 0.1) is 6.92 Å². The largest absolute Gasteiger partial charge is 0.507 e. The predicted molar refractivity (Wildman–Crippen MR) is 165 cm³/mol. The van der Waals surface area contributed by atoms with Crippen LogP contribution >= 0.6 is 0 Å². The van der Waals surface area contributed by atoms with Gasteiger partial charge in [-0.2, -0.15) is 43.2 Å². The molecular formula is C31H29F6O8S3+. The third-order valence-electron chi connectivity index (χ3n) is 6.51. The maximum absolute atomic E-state index is 13.6. The minimum Gasteiger partial charge on any atom is -0.507 e. The molecule has 0 aliphatic rings. The lowest BCUT2D eigenvalue weighted by Gasteiger charge is -2.29. The average Bonchev–Trinajstić information content (AvgIpc) is 3.03. The number of hydrogen-bond donors (Lipinski definition) is 2. The van der Waals surface area contributed by atoms with E-state index in [0.717, 1.165) is 6.07 Å². The second-order valence-electron chi connectivity index (χ2n) is 9.85. The number of alkyl halides is 6. The zero-order valence-corrected chi connectivity index (χ0v) is 27.5.